The fourth-order valence-corrected chi connectivity index (χ4v) is 3.11. The number of hydrogen-bond donors (Lipinski definition) is 1. The molecule has 0 spiro atoms. The molecule has 2 unspecified atom stereocenters. The molecule has 2 fully saturated rings. The molecule has 2 atom stereocenters. The van der Waals surface area contributed by atoms with Gasteiger partial charge in [-0.2, -0.15) is 5.10 Å². The fourth-order valence-electron chi connectivity index (χ4n) is 3.11. The summed E-state index contributed by atoms with van der Waals surface area (Å²) in [6.45, 7) is 3.67. The van der Waals surface area contributed by atoms with Crippen LogP contribution in [0.5, 0.6) is 0 Å². The van der Waals surface area contributed by atoms with Gasteiger partial charge in [0.2, 0.25) is 0 Å². The summed E-state index contributed by atoms with van der Waals surface area (Å²) < 4.78 is 1.89. The summed E-state index contributed by atoms with van der Waals surface area (Å²) in [5.41, 5.74) is 1.36. The monoisotopic (exact) mass is 306 g/mol. The zero-order valence-electron chi connectivity index (χ0n) is 11.4. The van der Waals surface area contributed by atoms with Crippen molar-refractivity contribution in [2.75, 3.05) is 19.6 Å². The summed E-state index contributed by atoms with van der Waals surface area (Å²) in [5, 5.41) is 7.95. The maximum atomic E-state index is 4.22. The molecule has 3 rings (SSSR count). The first kappa shape index (κ1) is 16.8. The van der Waals surface area contributed by atoms with Crippen LogP contribution in [-0.2, 0) is 13.5 Å². The molecule has 2 aliphatic rings. The lowest BCUT2D eigenvalue weighted by molar-refractivity contribution is 0.262. The Hall–Kier alpha value is -0.290. The Kier molecular flexibility index (Phi) is 6.60. The number of aryl methyl sites for hydroxylation is 1. The van der Waals surface area contributed by atoms with Crippen molar-refractivity contribution in [1.82, 2.24) is 20.0 Å². The number of rotatable bonds is 3. The third kappa shape index (κ3) is 4.35. The quantitative estimate of drug-likeness (QED) is 0.921. The van der Waals surface area contributed by atoms with Crippen molar-refractivity contribution < 1.29 is 0 Å². The standard InChI is InChI=1S/C13H22N4.2ClH/c1-16-9-11(8-14-16)4-6-17-7-5-12-2-3-13(10-17)15-12;;/h8-9,12-13,15H,2-7,10H2,1H3;2*1H. The van der Waals surface area contributed by atoms with Crippen LogP contribution in [-0.4, -0.2) is 46.4 Å². The highest BCUT2D eigenvalue weighted by Crippen LogP contribution is 2.20. The number of nitrogens with zero attached hydrogens (tertiary/aromatic N) is 3. The van der Waals surface area contributed by atoms with Crippen molar-refractivity contribution in [3.63, 3.8) is 0 Å². The van der Waals surface area contributed by atoms with Crippen LogP contribution in [0.25, 0.3) is 0 Å². The third-order valence-electron chi connectivity index (χ3n) is 4.08. The Labute approximate surface area is 127 Å². The van der Waals surface area contributed by atoms with E-state index in [0.29, 0.717) is 0 Å². The lowest BCUT2D eigenvalue weighted by Gasteiger charge is -2.23. The minimum atomic E-state index is 0. The Morgan fingerprint density at radius 3 is 2.79 bits per heavy atom. The van der Waals surface area contributed by atoms with Crippen LogP contribution in [0, 0.1) is 0 Å². The zero-order valence-corrected chi connectivity index (χ0v) is 13.1. The normalized spacial score (nSPS) is 26.4. The number of fused-ring (bicyclic) bond motifs is 2. The van der Waals surface area contributed by atoms with Gasteiger partial charge in [0.05, 0.1) is 6.20 Å². The van der Waals surface area contributed by atoms with E-state index in [-0.39, 0.29) is 24.8 Å². The molecule has 0 aromatic carbocycles. The first-order valence-corrected chi connectivity index (χ1v) is 6.75. The molecule has 1 N–H and O–H groups in total. The van der Waals surface area contributed by atoms with Crippen molar-refractivity contribution in [3.8, 4) is 0 Å². The maximum Gasteiger partial charge on any atom is 0.0522 e. The maximum absolute atomic E-state index is 4.22. The predicted molar refractivity (Wildman–Crippen MR) is 82.4 cm³/mol. The molecule has 4 nitrogen and oxygen atoms in total. The van der Waals surface area contributed by atoms with Crippen LogP contribution < -0.4 is 5.32 Å². The van der Waals surface area contributed by atoms with E-state index in [2.05, 4.69) is 21.5 Å². The number of aromatic nitrogens is 2. The second-order valence-corrected chi connectivity index (χ2v) is 5.50. The molecule has 0 aliphatic carbocycles. The summed E-state index contributed by atoms with van der Waals surface area (Å²) >= 11 is 0. The molecule has 1 aromatic rings. The lowest BCUT2D eigenvalue weighted by atomic mass is 10.1. The highest BCUT2D eigenvalue weighted by atomic mass is 35.5. The summed E-state index contributed by atoms with van der Waals surface area (Å²) in [4.78, 5) is 2.61. The highest BCUT2D eigenvalue weighted by Gasteiger charge is 2.28. The third-order valence-corrected chi connectivity index (χ3v) is 4.08. The number of halogens is 2. The van der Waals surface area contributed by atoms with Crippen molar-refractivity contribution in [1.29, 1.82) is 0 Å². The number of hydrogen-bond acceptors (Lipinski definition) is 3. The van der Waals surface area contributed by atoms with Gasteiger partial charge in [0.1, 0.15) is 0 Å². The van der Waals surface area contributed by atoms with E-state index in [1.165, 1.54) is 44.5 Å². The van der Waals surface area contributed by atoms with E-state index >= 15 is 0 Å². The molecule has 6 heteroatoms. The molecular formula is C13H24Cl2N4. The molecule has 1 aromatic heterocycles. The first-order chi connectivity index (χ1) is 8.29. The molecule has 19 heavy (non-hydrogen) atoms. The van der Waals surface area contributed by atoms with E-state index in [4.69, 9.17) is 0 Å². The van der Waals surface area contributed by atoms with Gasteiger partial charge in [-0.05, 0) is 37.8 Å². The summed E-state index contributed by atoms with van der Waals surface area (Å²) in [7, 11) is 1.98. The minimum absolute atomic E-state index is 0. The Morgan fingerprint density at radius 2 is 2.05 bits per heavy atom. The molecule has 3 heterocycles. The van der Waals surface area contributed by atoms with E-state index in [1.807, 2.05) is 17.9 Å². The Balaban J connectivity index is 0.000000902. The van der Waals surface area contributed by atoms with Crippen LogP contribution in [0.2, 0.25) is 0 Å². The zero-order chi connectivity index (χ0) is 11.7. The van der Waals surface area contributed by atoms with Gasteiger partial charge >= 0.3 is 0 Å². The molecule has 2 bridgehead atoms. The molecule has 0 radical (unpaired) electrons. The smallest absolute Gasteiger partial charge is 0.0522 e. The number of likely N-dealkylation sites (tertiary alicyclic amines) is 1. The summed E-state index contributed by atoms with van der Waals surface area (Å²) in [5.74, 6) is 0. The van der Waals surface area contributed by atoms with Crippen LogP contribution in [0.1, 0.15) is 24.8 Å². The minimum Gasteiger partial charge on any atom is -0.310 e. The van der Waals surface area contributed by atoms with Crippen molar-refractivity contribution in [3.05, 3.63) is 18.0 Å². The van der Waals surface area contributed by atoms with Gasteiger partial charge in [-0.15, -0.1) is 24.8 Å². The Bertz CT molecular complexity index is 382. The van der Waals surface area contributed by atoms with Gasteiger partial charge in [-0.25, -0.2) is 0 Å². The molecule has 0 amide bonds. The van der Waals surface area contributed by atoms with Crippen molar-refractivity contribution in [2.45, 2.75) is 37.8 Å². The average Bonchev–Trinajstić information content (AvgIpc) is 2.84. The summed E-state index contributed by atoms with van der Waals surface area (Å²) in [6, 6.07) is 1.54. The predicted octanol–water partition coefficient (Wildman–Crippen LogP) is 1.63. The molecule has 2 aliphatic heterocycles. The van der Waals surface area contributed by atoms with Crippen LogP contribution in [0.4, 0.5) is 0 Å². The van der Waals surface area contributed by atoms with Gasteiger partial charge in [0.15, 0.2) is 0 Å². The van der Waals surface area contributed by atoms with E-state index in [1.54, 1.807) is 0 Å². The Morgan fingerprint density at radius 1 is 1.26 bits per heavy atom. The largest absolute Gasteiger partial charge is 0.310 e. The highest BCUT2D eigenvalue weighted by molar-refractivity contribution is 5.85. The van der Waals surface area contributed by atoms with Crippen molar-refractivity contribution >= 4 is 24.8 Å². The second-order valence-electron chi connectivity index (χ2n) is 5.50. The number of nitrogens with one attached hydrogen (secondary N) is 1. The topological polar surface area (TPSA) is 33.1 Å². The summed E-state index contributed by atoms with van der Waals surface area (Å²) in [6.07, 6.45) is 9.33. The first-order valence-electron chi connectivity index (χ1n) is 6.75. The van der Waals surface area contributed by atoms with Gasteiger partial charge in [0, 0.05) is 38.4 Å². The van der Waals surface area contributed by atoms with Gasteiger partial charge in [-0.3, -0.25) is 4.68 Å². The van der Waals surface area contributed by atoms with E-state index in [9.17, 15) is 0 Å². The van der Waals surface area contributed by atoms with Crippen LogP contribution in [0.3, 0.4) is 0 Å². The average molecular weight is 307 g/mol. The van der Waals surface area contributed by atoms with Crippen LogP contribution in [0.15, 0.2) is 12.4 Å². The molecule has 110 valence electrons. The lowest BCUT2D eigenvalue weighted by Crippen LogP contribution is -2.36. The van der Waals surface area contributed by atoms with Crippen LogP contribution >= 0.6 is 24.8 Å². The molecule has 2 saturated heterocycles. The SMILES string of the molecule is Cl.Cl.Cn1cc(CCN2CCC3CCC(C2)N3)cn1. The van der Waals surface area contributed by atoms with E-state index < -0.39 is 0 Å². The van der Waals surface area contributed by atoms with Gasteiger partial charge < -0.3 is 10.2 Å². The van der Waals surface area contributed by atoms with Gasteiger partial charge in [0.25, 0.3) is 0 Å². The fraction of sp³-hybridized carbons (Fsp3) is 0.769. The van der Waals surface area contributed by atoms with Crippen molar-refractivity contribution in [2.24, 2.45) is 7.05 Å². The van der Waals surface area contributed by atoms with Gasteiger partial charge in [-0.1, -0.05) is 0 Å². The molecular weight excluding hydrogens is 283 g/mol. The molecule has 0 saturated carbocycles. The van der Waals surface area contributed by atoms with E-state index in [0.717, 1.165) is 18.5 Å². The second kappa shape index (κ2) is 7.48.